The van der Waals surface area contributed by atoms with Gasteiger partial charge in [0.1, 0.15) is 0 Å². The lowest BCUT2D eigenvalue weighted by atomic mass is 9.98. The van der Waals surface area contributed by atoms with Crippen molar-refractivity contribution in [2.75, 3.05) is 0 Å². The molecule has 0 aromatic rings. The Morgan fingerprint density at radius 3 is 1.72 bits per heavy atom. The van der Waals surface area contributed by atoms with Crippen LogP contribution in [0.25, 0.3) is 0 Å². The smallest absolute Gasteiger partial charge is 0.343 e. The molecule has 0 radical (unpaired) electrons. The lowest BCUT2D eigenvalue weighted by molar-refractivity contribution is 0.0599. The molecular weight excluding hydrogens is 240 g/mol. The molecule has 0 spiro atoms. The highest BCUT2D eigenvalue weighted by Gasteiger charge is 2.47. The fraction of sp³-hybridized carbons (Fsp3) is 1.00. The number of hydrogen-bond acceptors (Lipinski definition) is 2. The maximum absolute atomic E-state index is 6.63. The monoisotopic (exact) mass is 272 g/mol. The van der Waals surface area contributed by atoms with Crippen molar-refractivity contribution in [3.8, 4) is 0 Å². The Bertz CT molecular complexity index is 225. The van der Waals surface area contributed by atoms with E-state index in [0.29, 0.717) is 17.2 Å². The van der Waals surface area contributed by atoms with Crippen LogP contribution in [-0.2, 0) is 8.85 Å². The van der Waals surface area contributed by atoms with Crippen molar-refractivity contribution >= 4 is 8.56 Å². The second-order valence-corrected chi connectivity index (χ2v) is 10.8. The van der Waals surface area contributed by atoms with Gasteiger partial charge in [-0.2, -0.15) is 0 Å². The largest absolute Gasteiger partial charge is 0.391 e. The highest BCUT2D eigenvalue weighted by atomic mass is 28.4. The van der Waals surface area contributed by atoms with Crippen molar-refractivity contribution in [3.63, 3.8) is 0 Å². The molecule has 0 saturated heterocycles. The van der Waals surface area contributed by atoms with E-state index in [2.05, 4.69) is 41.5 Å². The zero-order chi connectivity index (χ0) is 13.8. The fourth-order valence-electron chi connectivity index (χ4n) is 3.05. The van der Waals surface area contributed by atoms with E-state index in [-0.39, 0.29) is 6.10 Å². The molecule has 0 aromatic heterocycles. The van der Waals surface area contributed by atoms with E-state index in [1.54, 1.807) is 0 Å². The first kappa shape index (κ1) is 16.2. The zero-order valence-electron chi connectivity index (χ0n) is 13.2. The van der Waals surface area contributed by atoms with Crippen molar-refractivity contribution in [2.24, 2.45) is 0 Å². The molecule has 3 heteroatoms. The van der Waals surface area contributed by atoms with Gasteiger partial charge in [0.25, 0.3) is 0 Å². The highest BCUT2D eigenvalue weighted by molar-refractivity contribution is 6.70. The van der Waals surface area contributed by atoms with Crippen LogP contribution in [0, 0.1) is 0 Å². The van der Waals surface area contributed by atoms with Crippen LogP contribution in [0.3, 0.4) is 0 Å². The Morgan fingerprint density at radius 1 is 0.833 bits per heavy atom. The van der Waals surface area contributed by atoms with Crippen LogP contribution in [0.15, 0.2) is 0 Å². The molecule has 1 aliphatic rings. The Labute approximate surface area is 115 Å². The first-order valence-electron chi connectivity index (χ1n) is 7.74. The molecule has 0 heterocycles. The molecule has 0 bridgehead atoms. The second-order valence-electron chi connectivity index (χ2n) is 6.58. The van der Waals surface area contributed by atoms with Crippen molar-refractivity contribution in [2.45, 2.75) is 96.9 Å². The summed E-state index contributed by atoms with van der Waals surface area (Å²) >= 11 is 0. The van der Waals surface area contributed by atoms with Gasteiger partial charge in [0.15, 0.2) is 0 Å². The predicted molar refractivity (Wildman–Crippen MR) is 80.1 cm³/mol. The summed E-state index contributed by atoms with van der Waals surface area (Å²) in [5, 5.41) is 0. The normalized spacial score (nSPS) is 19.2. The van der Waals surface area contributed by atoms with Crippen LogP contribution < -0.4 is 0 Å². The van der Waals surface area contributed by atoms with Crippen molar-refractivity contribution in [1.82, 2.24) is 0 Å². The summed E-state index contributed by atoms with van der Waals surface area (Å²) < 4.78 is 13.0. The summed E-state index contributed by atoms with van der Waals surface area (Å²) in [5.41, 5.74) is 1.03. The van der Waals surface area contributed by atoms with E-state index >= 15 is 0 Å². The van der Waals surface area contributed by atoms with E-state index in [1.807, 2.05) is 0 Å². The summed E-state index contributed by atoms with van der Waals surface area (Å²) in [6.45, 7) is 13.4. The molecule has 0 aromatic carbocycles. The molecule has 2 nitrogen and oxygen atoms in total. The van der Waals surface area contributed by atoms with Gasteiger partial charge in [0.05, 0.1) is 0 Å². The van der Waals surface area contributed by atoms with Gasteiger partial charge in [0, 0.05) is 12.2 Å². The first-order chi connectivity index (χ1) is 8.38. The third-order valence-corrected chi connectivity index (χ3v) is 8.69. The number of rotatable bonds is 6. The highest BCUT2D eigenvalue weighted by Crippen LogP contribution is 2.38. The van der Waals surface area contributed by atoms with Crippen LogP contribution >= 0.6 is 0 Å². The molecule has 1 rings (SSSR count). The Hall–Kier alpha value is 0.137. The summed E-state index contributed by atoms with van der Waals surface area (Å²) in [6.07, 6.45) is 7.22. The Balaban J connectivity index is 2.79. The standard InChI is InChI=1S/C15H32O2Si/c1-12(2)16-18(13(3)4,14(5)6)17-15-10-8-7-9-11-15/h12-15H,7-11H2,1-6H3. The van der Waals surface area contributed by atoms with Gasteiger partial charge in [0.2, 0.25) is 0 Å². The maximum Gasteiger partial charge on any atom is 0.343 e. The van der Waals surface area contributed by atoms with E-state index in [0.717, 1.165) is 0 Å². The van der Waals surface area contributed by atoms with Crippen molar-refractivity contribution < 1.29 is 8.85 Å². The molecule has 0 aliphatic heterocycles. The van der Waals surface area contributed by atoms with E-state index in [1.165, 1.54) is 32.1 Å². The topological polar surface area (TPSA) is 18.5 Å². The summed E-state index contributed by atoms with van der Waals surface area (Å²) in [6, 6.07) is 0. The molecule has 1 fully saturated rings. The number of hydrogen-bond donors (Lipinski definition) is 0. The lowest BCUT2D eigenvalue weighted by Crippen LogP contribution is -2.52. The average Bonchev–Trinajstić information content (AvgIpc) is 2.28. The average molecular weight is 273 g/mol. The predicted octanol–water partition coefficient (Wildman–Crippen LogP) is 5.02. The zero-order valence-corrected chi connectivity index (χ0v) is 14.2. The van der Waals surface area contributed by atoms with Gasteiger partial charge < -0.3 is 8.85 Å². The van der Waals surface area contributed by atoms with Crippen LogP contribution in [0.5, 0.6) is 0 Å². The Morgan fingerprint density at radius 2 is 1.33 bits per heavy atom. The molecular formula is C15H32O2Si. The second kappa shape index (κ2) is 7.06. The molecule has 1 aliphatic carbocycles. The molecule has 18 heavy (non-hydrogen) atoms. The van der Waals surface area contributed by atoms with Gasteiger partial charge in [-0.15, -0.1) is 0 Å². The first-order valence-corrected chi connectivity index (χ1v) is 9.71. The summed E-state index contributed by atoms with van der Waals surface area (Å²) in [5.74, 6) is 0. The van der Waals surface area contributed by atoms with E-state index < -0.39 is 8.56 Å². The van der Waals surface area contributed by atoms with Crippen molar-refractivity contribution in [1.29, 1.82) is 0 Å². The van der Waals surface area contributed by atoms with Gasteiger partial charge in [-0.3, -0.25) is 0 Å². The molecule has 0 atom stereocenters. The van der Waals surface area contributed by atoms with Gasteiger partial charge in [-0.1, -0.05) is 47.0 Å². The molecule has 0 unspecified atom stereocenters. The van der Waals surface area contributed by atoms with Gasteiger partial charge in [-0.05, 0) is 37.8 Å². The van der Waals surface area contributed by atoms with Gasteiger partial charge >= 0.3 is 8.56 Å². The van der Waals surface area contributed by atoms with Crippen LogP contribution in [0.4, 0.5) is 0 Å². The fourth-order valence-corrected chi connectivity index (χ4v) is 7.02. The molecule has 1 saturated carbocycles. The summed E-state index contributed by atoms with van der Waals surface area (Å²) in [7, 11) is -2.10. The minimum atomic E-state index is -2.10. The maximum atomic E-state index is 6.63. The van der Waals surface area contributed by atoms with Gasteiger partial charge in [-0.25, -0.2) is 0 Å². The lowest BCUT2D eigenvalue weighted by Gasteiger charge is -2.42. The van der Waals surface area contributed by atoms with E-state index in [9.17, 15) is 0 Å². The van der Waals surface area contributed by atoms with Crippen molar-refractivity contribution in [3.05, 3.63) is 0 Å². The Kier molecular flexibility index (Phi) is 6.35. The van der Waals surface area contributed by atoms with Crippen LogP contribution in [0.2, 0.25) is 11.1 Å². The quantitative estimate of drug-likeness (QED) is 0.632. The van der Waals surface area contributed by atoms with Crippen LogP contribution in [0.1, 0.15) is 73.6 Å². The van der Waals surface area contributed by atoms with Crippen LogP contribution in [-0.4, -0.2) is 20.8 Å². The molecule has 0 N–H and O–H groups in total. The molecule has 0 amide bonds. The van der Waals surface area contributed by atoms with E-state index in [4.69, 9.17) is 8.85 Å². The SMILES string of the molecule is CC(C)O[Si](OC1CCCCC1)(C(C)C)C(C)C. The third kappa shape index (κ3) is 4.07. The minimum absolute atomic E-state index is 0.269. The minimum Gasteiger partial charge on any atom is -0.391 e. The summed E-state index contributed by atoms with van der Waals surface area (Å²) in [4.78, 5) is 0. The molecule has 108 valence electrons. The third-order valence-electron chi connectivity index (χ3n) is 3.93.